The van der Waals surface area contributed by atoms with Crippen molar-refractivity contribution in [3.8, 4) is 5.75 Å². The number of benzene rings is 1. The van der Waals surface area contributed by atoms with Gasteiger partial charge in [0.25, 0.3) is 0 Å². The lowest BCUT2D eigenvalue weighted by Crippen LogP contribution is -2.08. The van der Waals surface area contributed by atoms with Gasteiger partial charge in [-0.1, -0.05) is 0 Å². The van der Waals surface area contributed by atoms with Gasteiger partial charge in [-0.2, -0.15) is 0 Å². The molecule has 2 aromatic rings. The van der Waals surface area contributed by atoms with Gasteiger partial charge in [-0.25, -0.2) is 0 Å². The summed E-state index contributed by atoms with van der Waals surface area (Å²) in [6, 6.07) is 8.69. The molecule has 110 valence electrons. The third kappa shape index (κ3) is 3.97. The molecule has 5 heteroatoms. The smallest absolute Gasteiger partial charge is 0.248 e. The maximum atomic E-state index is 11.8. The van der Waals surface area contributed by atoms with E-state index in [9.17, 15) is 9.90 Å². The van der Waals surface area contributed by atoms with Crippen LogP contribution in [-0.4, -0.2) is 18.1 Å². The van der Waals surface area contributed by atoms with Crippen LogP contribution in [0.2, 0.25) is 0 Å². The Hall–Kier alpha value is -2.53. The molecule has 1 heterocycles. The van der Waals surface area contributed by atoms with Crippen molar-refractivity contribution in [2.75, 3.05) is 12.4 Å². The Labute approximate surface area is 122 Å². The molecule has 1 amide bonds. The van der Waals surface area contributed by atoms with Crippen molar-refractivity contribution in [2.24, 2.45) is 0 Å². The molecule has 0 unspecified atom stereocenters. The zero-order valence-corrected chi connectivity index (χ0v) is 11.9. The molecule has 0 fully saturated rings. The van der Waals surface area contributed by atoms with Gasteiger partial charge in [0, 0.05) is 17.3 Å². The van der Waals surface area contributed by atoms with E-state index in [1.165, 1.54) is 13.2 Å². The average molecular weight is 287 g/mol. The number of hydrogen-bond acceptors (Lipinski definition) is 4. The van der Waals surface area contributed by atoms with Crippen LogP contribution < -0.4 is 10.1 Å². The van der Waals surface area contributed by atoms with E-state index >= 15 is 0 Å². The van der Waals surface area contributed by atoms with E-state index in [2.05, 4.69) is 5.32 Å². The van der Waals surface area contributed by atoms with Crippen molar-refractivity contribution in [1.82, 2.24) is 0 Å². The zero-order chi connectivity index (χ0) is 15.2. The molecule has 1 aromatic heterocycles. The molecule has 21 heavy (non-hydrogen) atoms. The number of anilines is 1. The molecule has 1 aromatic carbocycles. The van der Waals surface area contributed by atoms with Crippen molar-refractivity contribution in [1.29, 1.82) is 0 Å². The Balaban J connectivity index is 2.04. The quantitative estimate of drug-likeness (QED) is 0.829. The van der Waals surface area contributed by atoms with Crippen LogP contribution >= 0.6 is 0 Å². The van der Waals surface area contributed by atoms with Crippen LogP contribution in [0.25, 0.3) is 6.08 Å². The van der Waals surface area contributed by atoms with Gasteiger partial charge in [-0.05, 0) is 43.3 Å². The number of aryl methyl sites for hydroxylation is 1. The number of amides is 1. The van der Waals surface area contributed by atoms with Crippen LogP contribution in [0.1, 0.15) is 17.1 Å². The lowest BCUT2D eigenvalue weighted by molar-refractivity contribution is -0.111. The Morgan fingerprint density at radius 2 is 2.19 bits per heavy atom. The first-order valence-corrected chi connectivity index (χ1v) is 6.45. The summed E-state index contributed by atoms with van der Waals surface area (Å²) in [5, 5.41) is 12.0. The number of aliphatic hydroxyl groups excluding tert-OH is 1. The number of ether oxygens (including phenoxy) is 1. The van der Waals surface area contributed by atoms with Gasteiger partial charge >= 0.3 is 0 Å². The minimum absolute atomic E-state index is 0.158. The van der Waals surface area contributed by atoms with Gasteiger partial charge in [0.2, 0.25) is 5.91 Å². The summed E-state index contributed by atoms with van der Waals surface area (Å²) < 4.78 is 10.4. The monoisotopic (exact) mass is 287 g/mol. The highest BCUT2D eigenvalue weighted by molar-refractivity contribution is 6.01. The molecule has 0 aliphatic rings. The summed E-state index contributed by atoms with van der Waals surface area (Å²) in [5.41, 5.74) is 1.20. The summed E-state index contributed by atoms with van der Waals surface area (Å²) in [4.78, 5) is 11.8. The lowest BCUT2D eigenvalue weighted by atomic mass is 10.2. The summed E-state index contributed by atoms with van der Waals surface area (Å²) in [7, 11) is 1.53. The fraction of sp³-hybridized carbons (Fsp3) is 0.188. The van der Waals surface area contributed by atoms with Gasteiger partial charge in [0.05, 0.1) is 13.7 Å². The van der Waals surface area contributed by atoms with E-state index in [0.717, 1.165) is 5.76 Å². The van der Waals surface area contributed by atoms with Gasteiger partial charge < -0.3 is 19.6 Å². The molecule has 5 nitrogen and oxygen atoms in total. The summed E-state index contributed by atoms with van der Waals surface area (Å²) >= 11 is 0. The molecule has 0 spiro atoms. The summed E-state index contributed by atoms with van der Waals surface area (Å²) in [5.74, 6) is 1.71. The maximum Gasteiger partial charge on any atom is 0.248 e. The fourth-order valence-corrected chi connectivity index (χ4v) is 1.86. The topological polar surface area (TPSA) is 71.7 Å². The number of hydrogen-bond donors (Lipinski definition) is 2. The first kappa shape index (κ1) is 14.9. The van der Waals surface area contributed by atoms with Crippen molar-refractivity contribution >= 4 is 17.7 Å². The van der Waals surface area contributed by atoms with Crippen LogP contribution in [0.15, 0.2) is 40.8 Å². The van der Waals surface area contributed by atoms with Gasteiger partial charge in [0.15, 0.2) is 0 Å². The highest BCUT2D eigenvalue weighted by atomic mass is 16.5. The van der Waals surface area contributed by atoms with Crippen molar-refractivity contribution in [2.45, 2.75) is 13.5 Å². The third-order valence-corrected chi connectivity index (χ3v) is 2.88. The number of aliphatic hydroxyl groups is 1. The Kier molecular flexibility index (Phi) is 4.79. The van der Waals surface area contributed by atoms with Gasteiger partial charge in [-0.3, -0.25) is 4.79 Å². The second-order valence-corrected chi connectivity index (χ2v) is 4.46. The predicted octanol–water partition coefficient (Wildman–Crippen LogP) is 2.74. The maximum absolute atomic E-state index is 11.8. The minimum atomic E-state index is -0.280. The lowest BCUT2D eigenvalue weighted by Gasteiger charge is -2.09. The van der Waals surface area contributed by atoms with Crippen LogP contribution in [0.4, 0.5) is 5.69 Å². The molecule has 2 N–H and O–H groups in total. The normalized spacial score (nSPS) is 10.8. The van der Waals surface area contributed by atoms with E-state index in [1.807, 2.05) is 13.0 Å². The Morgan fingerprint density at radius 1 is 1.38 bits per heavy atom. The molecular formula is C16H17NO4. The number of nitrogens with one attached hydrogen (secondary N) is 1. The molecule has 0 saturated heterocycles. The second-order valence-electron chi connectivity index (χ2n) is 4.46. The standard InChI is InChI=1S/C16H17NO4/c1-11-3-5-14(21-11)6-8-16(19)17-13-4-7-15(20-2)12(9-13)10-18/h3-9,18H,10H2,1-2H3,(H,17,19)/b8-6+. The third-order valence-electron chi connectivity index (χ3n) is 2.88. The molecule has 0 atom stereocenters. The van der Waals surface area contributed by atoms with Crippen molar-refractivity contribution < 1.29 is 19.1 Å². The molecule has 0 saturated carbocycles. The molecule has 0 aliphatic carbocycles. The number of carbonyl (C=O) groups excluding carboxylic acids is 1. The van der Waals surface area contributed by atoms with E-state index in [-0.39, 0.29) is 12.5 Å². The highest BCUT2D eigenvalue weighted by Gasteiger charge is 2.05. The predicted molar refractivity (Wildman–Crippen MR) is 80.0 cm³/mol. The molecule has 0 bridgehead atoms. The van der Waals surface area contributed by atoms with Crippen LogP contribution in [-0.2, 0) is 11.4 Å². The molecule has 0 aliphatic heterocycles. The number of carbonyl (C=O) groups is 1. The summed E-state index contributed by atoms with van der Waals surface area (Å²) in [6.07, 6.45) is 2.99. The number of furan rings is 1. The van der Waals surface area contributed by atoms with Gasteiger partial charge in [0.1, 0.15) is 17.3 Å². The molecular weight excluding hydrogens is 270 g/mol. The summed E-state index contributed by atoms with van der Waals surface area (Å²) in [6.45, 7) is 1.68. The zero-order valence-electron chi connectivity index (χ0n) is 11.9. The Morgan fingerprint density at radius 3 is 2.81 bits per heavy atom. The second kappa shape index (κ2) is 6.76. The van der Waals surface area contributed by atoms with Crippen LogP contribution in [0.5, 0.6) is 5.75 Å². The van der Waals surface area contributed by atoms with Crippen LogP contribution in [0.3, 0.4) is 0 Å². The Bertz CT molecular complexity index is 658. The molecule has 2 rings (SSSR count). The number of rotatable bonds is 5. The fourth-order valence-electron chi connectivity index (χ4n) is 1.86. The van der Waals surface area contributed by atoms with E-state index < -0.39 is 0 Å². The minimum Gasteiger partial charge on any atom is -0.496 e. The molecule has 0 radical (unpaired) electrons. The van der Waals surface area contributed by atoms with Crippen LogP contribution in [0, 0.1) is 6.92 Å². The van der Waals surface area contributed by atoms with Gasteiger partial charge in [-0.15, -0.1) is 0 Å². The van der Waals surface area contributed by atoms with E-state index in [1.54, 1.807) is 30.3 Å². The largest absolute Gasteiger partial charge is 0.496 e. The highest BCUT2D eigenvalue weighted by Crippen LogP contribution is 2.22. The van der Waals surface area contributed by atoms with E-state index in [0.29, 0.717) is 22.8 Å². The first-order chi connectivity index (χ1) is 10.1. The first-order valence-electron chi connectivity index (χ1n) is 6.45. The van der Waals surface area contributed by atoms with Crippen molar-refractivity contribution in [3.05, 3.63) is 53.5 Å². The van der Waals surface area contributed by atoms with E-state index in [4.69, 9.17) is 9.15 Å². The SMILES string of the molecule is COc1ccc(NC(=O)/C=C/c2ccc(C)o2)cc1CO. The average Bonchev–Trinajstić information content (AvgIpc) is 2.90. The van der Waals surface area contributed by atoms with Crippen molar-refractivity contribution in [3.63, 3.8) is 0 Å². The number of methoxy groups -OCH3 is 1.